The third-order valence-corrected chi connectivity index (χ3v) is 4.24. The summed E-state index contributed by atoms with van der Waals surface area (Å²) in [5, 5.41) is 0.475. The van der Waals surface area contributed by atoms with Gasteiger partial charge in [-0.25, -0.2) is 14.8 Å². The molecule has 1 amide bonds. The van der Waals surface area contributed by atoms with E-state index in [0.29, 0.717) is 23.9 Å². The number of nitrogen functional groups attached to an aromatic ring is 1. The predicted octanol–water partition coefficient (Wildman–Crippen LogP) is 4.62. The fraction of sp³-hybridized carbons (Fsp3) is 0.316. The molecule has 0 spiro atoms. The van der Waals surface area contributed by atoms with Crippen LogP contribution in [0.25, 0.3) is 0 Å². The molecule has 0 bridgehead atoms. The van der Waals surface area contributed by atoms with Crippen molar-refractivity contribution in [3.8, 4) is 0 Å². The van der Waals surface area contributed by atoms with Crippen LogP contribution in [-0.2, 0) is 9.47 Å². The Morgan fingerprint density at radius 1 is 1.36 bits per heavy atom. The van der Waals surface area contributed by atoms with Crippen LogP contribution < -0.4 is 10.6 Å². The molecule has 0 fully saturated rings. The van der Waals surface area contributed by atoms with Crippen molar-refractivity contribution in [2.24, 2.45) is 0 Å². The van der Waals surface area contributed by atoms with Crippen LogP contribution in [0, 0.1) is 0 Å². The minimum Gasteiger partial charge on any atom is -0.490 e. The van der Waals surface area contributed by atoms with Crippen LogP contribution in [0.5, 0.6) is 0 Å². The summed E-state index contributed by atoms with van der Waals surface area (Å²) in [5.74, 6) is 0.666. The maximum absolute atomic E-state index is 12.5. The number of thioether (sulfide) groups is 1. The lowest BCUT2D eigenvalue weighted by atomic mass is 10.1. The lowest BCUT2D eigenvalue weighted by Gasteiger charge is -2.23. The topological polar surface area (TPSA) is 90.6 Å². The van der Waals surface area contributed by atoms with Crippen molar-refractivity contribution in [1.82, 2.24) is 9.97 Å². The first kappa shape index (κ1) is 23.6. The molecule has 152 valence electrons. The Labute approximate surface area is 175 Å². The third kappa shape index (κ3) is 6.94. The Morgan fingerprint density at radius 2 is 2.07 bits per heavy atom. The molecule has 1 aromatic heterocycles. The second-order valence-corrected chi connectivity index (χ2v) is 6.46. The minimum atomic E-state index is -0.582. The summed E-state index contributed by atoms with van der Waals surface area (Å²) in [5.41, 5.74) is 6.94. The van der Waals surface area contributed by atoms with Crippen LogP contribution in [0.4, 0.5) is 16.3 Å². The summed E-state index contributed by atoms with van der Waals surface area (Å²) < 4.78 is 10.5. The van der Waals surface area contributed by atoms with Crippen molar-refractivity contribution < 1.29 is 14.3 Å². The molecule has 0 saturated heterocycles. The van der Waals surface area contributed by atoms with E-state index >= 15 is 0 Å². The molecule has 7 nitrogen and oxygen atoms in total. The van der Waals surface area contributed by atoms with E-state index in [-0.39, 0.29) is 29.8 Å². The smallest absolute Gasteiger partial charge is 0.415 e. The first-order chi connectivity index (χ1) is 13.4. The Kier molecular flexibility index (Phi) is 10.2. The predicted molar refractivity (Wildman–Crippen MR) is 116 cm³/mol. The van der Waals surface area contributed by atoms with E-state index in [0.717, 1.165) is 5.57 Å². The summed E-state index contributed by atoms with van der Waals surface area (Å²) in [6.45, 7) is 13.7. The average molecular weight is 425 g/mol. The average Bonchev–Trinajstić information content (AvgIpc) is 2.68. The van der Waals surface area contributed by atoms with E-state index in [2.05, 4.69) is 29.7 Å². The zero-order chi connectivity index (χ0) is 21.1. The van der Waals surface area contributed by atoms with Crippen molar-refractivity contribution in [3.05, 3.63) is 54.5 Å². The molecule has 9 heteroatoms. The summed E-state index contributed by atoms with van der Waals surface area (Å²) in [7, 11) is 0. The number of anilines is 2. The van der Waals surface area contributed by atoms with Gasteiger partial charge in [0.05, 0.1) is 6.61 Å². The maximum Gasteiger partial charge on any atom is 0.415 e. The molecule has 1 aromatic rings. The Bertz CT molecular complexity index is 768. The number of ether oxygens (including phenoxy) is 2. The Hall–Kier alpha value is -2.45. The summed E-state index contributed by atoms with van der Waals surface area (Å²) >= 11 is 7.39. The van der Waals surface area contributed by atoms with Crippen LogP contribution in [-0.4, -0.2) is 42.1 Å². The molecular weight excluding hydrogens is 400 g/mol. The molecular formula is C19H25ClN4O3S. The van der Waals surface area contributed by atoms with E-state index in [4.69, 9.17) is 26.8 Å². The number of amides is 1. The van der Waals surface area contributed by atoms with Gasteiger partial charge >= 0.3 is 6.09 Å². The molecule has 0 saturated carbocycles. The number of halogens is 1. The lowest BCUT2D eigenvalue weighted by Crippen LogP contribution is -2.34. The molecule has 0 radical (unpaired) electrons. The number of carbonyl (C=O) groups is 1. The minimum absolute atomic E-state index is 0.0781. The van der Waals surface area contributed by atoms with E-state index in [9.17, 15) is 4.79 Å². The number of nitrogens with two attached hydrogens (primary N) is 1. The number of hydrogen-bond donors (Lipinski definition) is 1. The van der Waals surface area contributed by atoms with E-state index in [1.165, 1.54) is 16.7 Å². The quantitative estimate of drug-likeness (QED) is 0.138. The van der Waals surface area contributed by atoms with E-state index < -0.39 is 6.09 Å². The highest BCUT2D eigenvalue weighted by atomic mass is 35.5. The molecule has 2 N–H and O–H groups in total. The summed E-state index contributed by atoms with van der Waals surface area (Å²) in [6.07, 6.45) is 6.68. The Balaban J connectivity index is 3.13. The van der Waals surface area contributed by atoms with Gasteiger partial charge in [-0.2, -0.15) is 0 Å². The van der Waals surface area contributed by atoms with Gasteiger partial charge in [0, 0.05) is 6.54 Å². The number of nitrogens with zero attached hydrogens (tertiary/aromatic N) is 3. The zero-order valence-corrected chi connectivity index (χ0v) is 17.7. The normalized spacial score (nSPS) is 10.9. The van der Waals surface area contributed by atoms with Crippen LogP contribution in [0.1, 0.15) is 13.3 Å². The largest absolute Gasteiger partial charge is 0.490 e. The second kappa shape index (κ2) is 12.1. The molecule has 0 aliphatic heterocycles. The third-order valence-electron chi connectivity index (χ3n) is 3.40. The second-order valence-electron chi connectivity index (χ2n) is 5.33. The van der Waals surface area contributed by atoms with Gasteiger partial charge in [0.25, 0.3) is 0 Å². The molecule has 1 rings (SSSR count). The fourth-order valence-electron chi connectivity index (χ4n) is 2.08. The van der Waals surface area contributed by atoms with Crippen molar-refractivity contribution in [2.45, 2.75) is 18.5 Å². The van der Waals surface area contributed by atoms with Gasteiger partial charge in [0.2, 0.25) is 0 Å². The molecule has 0 atom stereocenters. The SMILES string of the molecule is C=CCOC(=C)/C=C(\C=C)CCN(C(=O)OCC)c1nc(SC)nc(Cl)c1N. The monoisotopic (exact) mass is 424 g/mol. The number of allylic oxidation sites excluding steroid dienone is 2. The van der Waals surface area contributed by atoms with Crippen molar-refractivity contribution in [2.75, 3.05) is 36.6 Å². The first-order valence-electron chi connectivity index (χ1n) is 8.44. The number of hydrogen-bond acceptors (Lipinski definition) is 7. The van der Waals surface area contributed by atoms with Crippen LogP contribution >= 0.6 is 23.4 Å². The van der Waals surface area contributed by atoms with Gasteiger partial charge in [-0.05, 0) is 31.2 Å². The molecule has 0 aromatic carbocycles. The summed E-state index contributed by atoms with van der Waals surface area (Å²) in [6, 6.07) is 0. The van der Waals surface area contributed by atoms with E-state index in [1.807, 2.05) is 0 Å². The first-order valence-corrected chi connectivity index (χ1v) is 10.0. The summed E-state index contributed by atoms with van der Waals surface area (Å²) in [4.78, 5) is 22.2. The molecule has 28 heavy (non-hydrogen) atoms. The van der Waals surface area contributed by atoms with E-state index in [1.54, 1.807) is 31.4 Å². The number of rotatable bonds is 11. The maximum atomic E-state index is 12.5. The lowest BCUT2D eigenvalue weighted by molar-refractivity contribution is 0.159. The standard InChI is InChI=1S/C19H25ClN4O3S/c1-6-11-27-13(4)12-14(7-2)9-10-24(19(25)26-8-3)17-15(21)16(20)22-18(23-17)28-5/h6-7,12H,1-2,4,8-11,21H2,3,5H3/b14-12+. The van der Waals surface area contributed by atoms with Crippen molar-refractivity contribution >= 4 is 41.0 Å². The van der Waals surface area contributed by atoms with Gasteiger partial charge in [0.1, 0.15) is 18.1 Å². The number of carbonyl (C=O) groups excluding carboxylic acids is 1. The van der Waals surface area contributed by atoms with Crippen LogP contribution in [0.15, 0.2) is 54.5 Å². The highest BCUT2D eigenvalue weighted by Gasteiger charge is 2.23. The Morgan fingerprint density at radius 3 is 2.64 bits per heavy atom. The van der Waals surface area contributed by atoms with Crippen molar-refractivity contribution in [3.63, 3.8) is 0 Å². The van der Waals surface area contributed by atoms with Crippen molar-refractivity contribution in [1.29, 1.82) is 0 Å². The highest BCUT2D eigenvalue weighted by Crippen LogP contribution is 2.30. The van der Waals surface area contributed by atoms with Gasteiger partial charge in [0.15, 0.2) is 16.1 Å². The molecule has 0 aliphatic carbocycles. The van der Waals surface area contributed by atoms with Crippen LogP contribution in [0.3, 0.4) is 0 Å². The van der Waals surface area contributed by atoms with Gasteiger partial charge in [-0.1, -0.05) is 55.3 Å². The van der Waals surface area contributed by atoms with Crippen LogP contribution in [0.2, 0.25) is 5.15 Å². The van der Waals surface area contributed by atoms with Gasteiger partial charge in [-0.3, -0.25) is 4.90 Å². The van der Waals surface area contributed by atoms with Gasteiger partial charge in [-0.15, -0.1) is 0 Å². The fourth-order valence-corrected chi connectivity index (χ4v) is 2.66. The number of aromatic nitrogens is 2. The molecule has 0 aliphatic rings. The van der Waals surface area contributed by atoms with Gasteiger partial charge < -0.3 is 15.2 Å². The zero-order valence-electron chi connectivity index (χ0n) is 16.1. The highest BCUT2D eigenvalue weighted by molar-refractivity contribution is 7.98. The molecule has 1 heterocycles. The molecule has 0 unspecified atom stereocenters.